The molecular weight excluding hydrogens is 274 g/mol. The molecule has 0 heterocycles. The van der Waals surface area contributed by atoms with Crippen molar-refractivity contribution in [2.24, 2.45) is 0 Å². The van der Waals surface area contributed by atoms with Crippen LogP contribution in [0.4, 0.5) is 0 Å². The van der Waals surface area contributed by atoms with E-state index in [0.29, 0.717) is 17.3 Å². The molecule has 0 unspecified atom stereocenters. The molecule has 1 aromatic carbocycles. The molecule has 0 radical (unpaired) electrons. The van der Waals surface area contributed by atoms with Crippen molar-refractivity contribution in [3.05, 3.63) is 29.3 Å². The number of hydrogen-bond donors (Lipinski definition) is 0. The molecule has 0 fully saturated rings. The number of nitrogens with zero attached hydrogens (tertiary/aromatic N) is 1. The third kappa shape index (κ3) is 4.71. The summed E-state index contributed by atoms with van der Waals surface area (Å²) in [7, 11) is 0. The predicted molar refractivity (Wildman–Crippen MR) is 83.3 cm³/mol. The number of carbonyl (C=O) groups is 1. The van der Waals surface area contributed by atoms with E-state index in [1.165, 1.54) is 0 Å². The van der Waals surface area contributed by atoms with Gasteiger partial charge in [-0.2, -0.15) is 0 Å². The zero-order valence-electron chi connectivity index (χ0n) is 12.8. The molecular formula is C16H24ClNO2. The number of likely N-dealkylation sites (N-methyl/N-ethyl adjacent to an activating group) is 1. The van der Waals surface area contributed by atoms with Gasteiger partial charge in [-0.15, -0.1) is 0 Å². The van der Waals surface area contributed by atoms with Gasteiger partial charge < -0.3 is 9.64 Å². The topological polar surface area (TPSA) is 29.5 Å². The lowest BCUT2D eigenvalue weighted by Crippen LogP contribution is -2.49. The fraction of sp³-hybridized carbons (Fsp3) is 0.562. The maximum atomic E-state index is 12.5. The summed E-state index contributed by atoms with van der Waals surface area (Å²) >= 11 is 5.84. The number of unbranched alkanes of at least 4 members (excludes halogenated alkanes) is 1. The summed E-state index contributed by atoms with van der Waals surface area (Å²) in [6, 6.07) is 7.07. The Kier molecular flexibility index (Phi) is 6.34. The second kappa shape index (κ2) is 7.53. The Morgan fingerprint density at radius 3 is 2.35 bits per heavy atom. The van der Waals surface area contributed by atoms with E-state index in [4.69, 9.17) is 16.3 Å². The molecule has 0 aromatic heterocycles. The Morgan fingerprint density at radius 2 is 1.85 bits per heavy atom. The van der Waals surface area contributed by atoms with Crippen LogP contribution >= 0.6 is 11.6 Å². The normalized spacial score (nSPS) is 11.2. The Morgan fingerprint density at radius 1 is 1.25 bits per heavy atom. The number of hydrogen-bond acceptors (Lipinski definition) is 2. The van der Waals surface area contributed by atoms with Crippen molar-refractivity contribution in [2.75, 3.05) is 13.1 Å². The average molecular weight is 298 g/mol. The molecule has 0 aliphatic heterocycles. The van der Waals surface area contributed by atoms with Gasteiger partial charge in [0, 0.05) is 18.1 Å². The predicted octanol–water partition coefficient (Wildman–Crippen LogP) is 4.15. The van der Waals surface area contributed by atoms with Crippen LogP contribution in [0.5, 0.6) is 5.75 Å². The number of halogens is 1. The summed E-state index contributed by atoms with van der Waals surface area (Å²) in [5, 5.41) is 0.652. The smallest absolute Gasteiger partial charge is 0.266 e. The second-order valence-corrected chi connectivity index (χ2v) is 5.74. The van der Waals surface area contributed by atoms with Crippen molar-refractivity contribution in [3.63, 3.8) is 0 Å². The van der Waals surface area contributed by atoms with Crippen LogP contribution in [0.25, 0.3) is 0 Å². The first-order chi connectivity index (χ1) is 9.40. The van der Waals surface area contributed by atoms with Crippen LogP contribution in [0, 0.1) is 0 Å². The molecule has 0 aliphatic carbocycles. The van der Waals surface area contributed by atoms with Gasteiger partial charge in [-0.05, 0) is 51.5 Å². The lowest BCUT2D eigenvalue weighted by molar-refractivity contribution is -0.145. The Labute approximate surface area is 126 Å². The molecule has 0 saturated carbocycles. The van der Waals surface area contributed by atoms with Crippen molar-refractivity contribution >= 4 is 17.5 Å². The molecule has 0 aliphatic rings. The molecule has 0 saturated heterocycles. The minimum absolute atomic E-state index is 0.0170. The van der Waals surface area contributed by atoms with E-state index in [2.05, 4.69) is 6.92 Å². The van der Waals surface area contributed by atoms with Gasteiger partial charge in [0.15, 0.2) is 5.60 Å². The van der Waals surface area contributed by atoms with Crippen LogP contribution in [0.15, 0.2) is 24.3 Å². The minimum atomic E-state index is -0.877. The van der Waals surface area contributed by atoms with Gasteiger partial charge in [0.1, 0.15) is 5.75 Å². The molecule has 4 heteroatoms. The number of carbonyl (C=O) groups excluding carboxylic acids is 1. The van der Waals surface area contributed by atoms with E-state index in [1.807, 2.05) is 11.8 Å². The quantitative estimate of drug-likeness (QED) is 0.757. The molecule has 1 aromatic rings. The van der Waals surface area contributed by atoms with E-state index < -0.39 is 5.60 Å². The van der Waals surface area contributed by atoms with Crippen molar-refractivity contribution in [1.29, 1.82) is 0 Å². The zero-order chi connectivity index (χ0) is 15.2. The van der Waals surface area contributed by atoms with Crippen molar-refractivity contribution in [2.45, 2.75) is 46.1 Å². The van der Waals surface area contributed by atoms with Gasteiger partial charge in [-0.1, -0.05) is 24.9 Å². The van der Waals surface area contributed by atoms with Crippen LogP contribution in [0.2, 0.25) is 5.02 Å². The maximum Gasteiger partial charge on any atom is 0.266 e. The van der Waals surface area contributed by atoms with Gasteiger partial charge in [0.2, 0.25) is 0 Å². The van der Waals surface area contributed by atoms with Crippen LogP contribution < -0.4 is 4.74 Å². The number of benzene rings is 1. The molecule has 0 bridgehead atoms. The van der Waals surface area contributed by atoms with E-state index in [0.717, 1.165) is 19.4 Å². The average Bonchev–Trinajstić information content (AvgIpc) is 2.42. The van der Waals surface area contributed by atoms with Crippen LogP contribution in [0.1, 0.15) is 40.5 Å². The van der Waals surface area contributed by atoms with Crippen LogP contribution in [0.3, 0.4) is 0 Å². The summed E-state index contributed by atoms with van der Waals surface area (Å²) in [5.74, 6) is 0.669. The third-order valence-electron chi connectivity index (χ3n) is 3.15. The summed E-state index contributed by atoms with van der Waals surface area (Å²) in [5.41, 5.74) is -0.877. The molecule has 0 N–H and O–H groups in total. The first-order valence-electron chi connectivity index (χ1n) is 7.14. The SMILES string of the molecule is CCCCN(CC)C(=O)C(C)(C)Oc1ccc(Cl)cc1. The van der Waals surface area contributed by atoms with E-state index in [-0.39, 0.29) is 5.91 Å². The summed E-state index contributed by atoms with van der Waals surface area (Å²) in [4.78, 5) is 14.4. The first-order valence-corrected chi connectivity index (χ1v) is 7.52. The maximum absolute atomic E-state index is 12.5. The standard InChI is InChI=1S/C16H24ClNO2/c1-5-7-12-18(6-2)15(19)16(3,4)20-14-10-8-13(17)9-11-14/h8-11H,5-7,12H2,1-4H3. The van der Waals surface area contributed by atoms with Crippen molar-refractivity contribution in [3.8, 4) is 5.75 Å². The van der Waals surface area contributed by atoms with Gasteiger partial charge in [-0.3, -0.25) is 4.79 Å². The van der Waals surface area contributed by atoms with E-state index in [9.17, 15) is 4.79 Å². The number of ether oxygens (including phenoxy) is 1. The third-order valence-corrected chi connectivity index (χ3v) is 3.40. The van der Waals surface area contributed by atoms with Crippen LogP contribution in [-0.2, 0) is 4.79 Å². The highest BCUT2D eigenvalue weighted by molar-refractivity contribution is 6.30. The fourth-order valence-corrected chi connectivity index (χ4v) is 2.10. The largest absolute Gasteiger partial charge is 0.478 e. The number of amides is 1. The van der Waals surface area contributed by atoms with Gasteiger partial charge in [-0.25, -0.2) is 0 Å². The summed E-state index contributed by atoms with van der Waals surface area (Å²) in [6.07, 6.45) is 2.08. The highest BCUT2D eigenvalue weighted by atomic mass is 35.5. The van der Waals surface area contributed by atoms with Gasteiger partial charge in [0.25, 0.3) is 5.91 Å². The molecule has 20 heavy (non-hydrogen) atoms. The molecule has 0 spiro atoms. The van der Waals surface area contributed by atoms with Gasteiger partial charge >= 0.3 is 0 Å². The molecule has 0 atom stereocenters. The molecule has 1 amide bonds. The second-order valence-electron chi connectivity index (χ2n) is 5.30. The Bertz CT molecular complexity index is 429. The monoisotopic (exact) mass is 297 g/mol. The highest BCUT2D eigenvalue weighted by Gasteiger charge is 2.33. The highest BCUT2D eigenvalue weighted by Crippen LogP contribution is 2.22. The lowest BCUT2D eigenvalue weighted by atomic mass is 10.1. The minimum Gasteiger partial charge on any atom is -0.478 e. The lowest BCUT2D eigenvalue weighted by Gasteiger charge is -2.31. The van der Waals surface area contributed by atoms with E-state index >= 15 is 0 Å². The molecule has 3 nitrogen and oxygen atoms in total. The number of rotatable bonds is 7. The van der Waals surface area contributed by atoms with Crippen molar-refractivity contribution in [1.82, 2.24) is 4.90 Å². The zero-order valence-corrected chi connectivity index (χ0v) is 13.5. The van der Waals surface area contributed by atoms with E-state index in [1.54, 1.807) is 38.1 Å². The van der Waals surface area contributed by atoms with Gasteiger partial charge in [0.05, 0.1) is 0 Å². The van der Waals surface area contributed by atoms with Crippen LogP contribution in [-0.4, -0.2) is 29.5 Å². The Balaban J connectivity index is 2.75. The first kappa shape index (κ1) is 16.8. The molecule has 1 rings (SSSR count). The Hall–Kier alpha value is -1.22. The summed E-state index contributed by atoms with van der Waals surface area (Å²) in [6.45, 7) is 9.20. The molecule has 112 valence electrons. The summed E-state index contributed by atoms with van der Waals surface area (Å²) < 4.78 is 5.83. The fourth-order valence-electron chi connectivity index (χ4n) is 1.97. The van der Waals surface area contributed by atoms with Crippen molar-refractivity contribution < 1.29 is 9.53 Å².